The molecule has 0 saturated heterocycles. The van der Waals surface area contributed by atoms with Crippen molar-refractivity contribution in [1.82, 2.24) is 4.57 Å². The van der Waals surface area contributed by atoms with Gasteiger partial charge in [-0.15, -0.1) is 0 Å². The molecule has 0 saturated carbocycles. The Labute approximate surface area is 83.4 Å². The third-order valence-electron chi connectivity index (χ3n) is 1.59. The van der Waals surface area contributed by atoms with Crippen LogP contribution in [0, 0.1) is 0 Å². The molecule has 3 nitrogen and oxygen atoms in total. The summed E-state index contributed by atoms with van der Waals surface area (Å²) in [4.78, 5) is 0. The van der Waals surface area contributed by atoms with E-state index >= 15 is 0 Å². The molecular formula is C8H15BrN2O. The Morgan fingerprint density at radius 3 is 2.83 bits per heavy atom. The minimum absolute atomic E-state index is 0. The Kier molecular flexibility index (Phi) is 6.02. The highest BCUT2D eigenvalue weighted by molar-refractivity contribution is 4.65. The summed E-state index contributed by atoms with van der Waals surface area (Å²) in [7, 11) is 0. The van der Waals surface area contributed by atoms with E-state index in [4.69, 9.17) is 5.11 Å². The molecule has 0 fully saturated rings. The van der Waals surface area contributed by atoms with E-state index in [0.717, 1.165) is 13.0 Å². The molecule has 0 aliphatic heterocycles. The molecule has 70 valence electrons. The van der Waals surface area contributed by atoms with E-state index in [1.165, 1.54) is 0 Å². The SMILES string of the molecule is CCC[n+]1ccn(CCO)c1.[Br-]. The van der Waals surface area contributed by atoms with Gasteiger partial charge in [0.05, 0.1) is 13.2 Å². The topological polar surface area (TPSA) is 29.0 Å². The first-order valence-corrected chi connectivity index (χ1v) is 4.02. The van der Waals surface area contributed by atoms with Gasteiger partial charge in [0.2, 0.25) is 6.33 Å². The van der Waals surface area contributed by atoms with E-state index < -0.39 is 0 Å². The first-order chi connectivity index (χ1) is 5.36. The third-order valence-corrected chi connectivity index (χ3v) is 1.59. The average molecular weight is 235 g/mol. The number of halogens is 1. The predicted molar refractivity (Wildman–Crippen MR) is 42.0 cm³/mol. The summed E-state index contributed by atoms with van der Waals surface area (Å²) in [6.07, 6.45) is 7.17. The second-order valence-electron chi connectivity index (χ2n) is 2.61. The van der Waals surface area contributed by atoms with Gasteiger partial charge in [-0.05, 0) is 6.42 Å². The van der Waals surface area contributed by atoms with Crippen LogP contribution in [0.2, 0.25) is 0 Å². The van der Waals surface area contributed by atoms with Gasteiger partial charge in [0.15, 0.2) is 0 Å². The fourth-order valence-electron chi connectivity index (χ4n) is 1.08. The van der Waals surface area contributed by atoms with Crippen LogP contribution in [0.1, 0.15) is 13.3 Å². The lowest BCUT2D eigenvalue weighted by Crippen LogP contribution is -3.00. The summed E-state index contributed by atoms with van der Waals surface area (Å²) in [5.74, 6) is 0. The standard InChI is InChI=1S/C8H15N2O.BrH/c1-2-3-9-4-5-10(8-9)6-7-11;/h4-5,8,11H,2-3,6-7H2,1H3;1H/q+1;/p-1. The molecule has 1 rings (SSSR count). The first-order valence-electron chi connectivity index (χ1n) is 4.02. The summed E-state index contributed by atoms with van der Waals surface area (Å²) in [5, 5.41) is 8.63. The largest absolute Gasteiger partial charge is 1.00 e. The smallest absolute Gasteiger partial charge is 0.243 e. The summed E-state index contributed by atoms with van der Waals surface area (Å²) in [6, 6.07) is 0. The number of nitrogens with zero attached hydrogens (tertiary/aromatic N) is 2. The number of hydrogen-bond acceptors (Lipinski definition) is 1. The maximum absolute atomic E-state index is 8.63. The van der Waals surface area contributed by atoms with Crippen molar-refractivity contribution in [3.8, 4) is 0 Å². The highest BCUT2D eigenvalue weighted by atomic mass is 79.9. The molecule has 12 heavy (non-hydrogen) atoms. The van der Waals surface area contributed by atoms with Gasteiger partial charge < -0.3 is 22.1 Å². The average Bonchev–Trinajstić information content (AvgIpc) is 2.38. The van der Waals surface area contributed by atoms with E-state index in [2.05, 4.69) is 11.5 Å². The fourth-order valence-corrected chi connectivity index (χ4v) is 1.08. The van der Waals surface area contributed by atoms with Crippen LogP contribution in [0.4, 0.5) is 0 Å². The predicted octanol–water partition coefficient (Wildman–Crippen LogP) is -2.82. The number of imidazole rings is 1. The Morgan fingerprint density at radius 2 is 2.25 bits per heavy atom. The second kappa shape index (κ2) is 6.20. The summed E-state index contributed by atoms with van der Waals surface area (Å²) >= 11 is 0. The Hall–Kier alpha value is -0.350. The molecule has 0 spiro atoms. The van der Waals surface area contributed by atoms with Gasteiger partial charge in [-0.2, -0.15) is 0 Å². The lowest BCUT2D eigenvalue weighted by Gasteiger charge is -1.90. The van der Waals surface area contributed by atoms with Crippen LogP contribution >= 0.6 is 0 Å². The van der Waals surface area contributed by atoms with Crippen molar-refractivity contribution in [2.75, 3.05) is 6.61 Å². The molecular weight excluding hydrogens is 220 g/mol. The van der Waals surface area contributed by atoms with Crippen LogP contribution in [-0.4, -0.2) is 16.3 Å². The highest BCUT2D eigenvalue weighted by Crippen LogP contribution is 1.84. The summed E-state index contributed by atoms with van der Waals surface area (Å²) < 4.78 is 4.10. The van der Waals surface area contributed by atoms with Crippen molar-refractivity contribution < 1.29 is 26.7 Å². The van der Waals surface area contributed by atoms with Crippen LogP contribution in [0.25, 0.3) is 0 Å². The van der Waals surface area contributed by atoms with E-state index in [-0.39, 0.29) is 23.6 Å². The van der Waals surface area contributed by atoms with Crippen molar-refractivity contribution in [2.45, 2.75) is 26.4 Å². The second-order valence-corrected chi connectivity index (χ2v) is 2.61. The molecule has 0 bridgehead atoms. The lowest BCUT2D eigenvalue weighted by molar-refractivity contribution is -0.696. The third kappa shape index (κ3) is 3.36. The van der Waals surface area contributed by atoms with Gasteiger partial charge in [-0.25, -0.2) is 9.13 Å². The van der Waals surface area contributed by atoms with Crippen LogP contribution in [-0.2, 0) is 13.1 Å². The zero-order valence-corrected chi connectivity index (χ0v) is 8.87. The highest BCUT2D eigenvalue weighted by Gasteiger charge is 1.99. The molecule has 4 heteroatoms. The normalized spacial score (nSPS) is 9.50. The van der Waals surface area contributed by atoms with Crippen LogP contribution < -0.4 is 21.5 Å². The molecule has 1 N–H and O–H groups in total. The van der Waals surface area contributed by atoms with Gasteiger partial charge >= 0.3 is 0 Å². The number of hydrogen-bond donors (Lipinski definition) is 1. The zero-order valence-electron chi connectivity index (χ0n) is 7.28. The summed E-state index contributed by atoms with van der Waals surface area (Å²) in [6.45, 7) is 4.10. The minimum atomic E-state index is 0. The molecule has 1 heterocycles. The molecule has 0 unspecified atom stereocenters. The molecule has 0 aliphatic carbocycles. The molecule has 1 aromatic rings. The van der Waals surface area contributed by atoms with Crippen molar-refractivity contribution >= 4 is 0 Å². The molecule has 0 atom stereocenters. The minimum Gasteiger partial charge on any atom is -1.00 e. The summed E-state index contributed by atoms with van der Waals surface area (Å²) in [5.41, 5.74) is 0. The van der Waals surface area contributed by atoms with E-state index in [1.807, 2.05) is 23.3 Å². The molecule has 0 amide bonds. The molecule has 0 radical (unpaired) electrons. The van der Waals surface area contributed by atoms with E-state index in [0.29, 0.717) is 6.54 Å². The monoisotopic (exact) mass is 234 g/mol. The lowest BCUT2D eigenvalue weighted by atomic mass is 10.5. The van der Waals surface area contributed by atoms with E-state index in [9.17, 15) is 0 Å². The maximum atomic E-state index is 8.63. The molecule has 0 aliphatic rings. The van der Waals surface area contributed by atoms with Crippen molar-refractivity contribution in [3.63, 3.8) is 0 Å². The Bertz CT molecular complexity index is 192. The number of aryl methyl sites for hydroxylation is 1. The fraction of sp³-hybridized carbons (Fsp3) is 0.625. The van der Waals surface area contributed by atoms with Crippen molar-refractivity contribution in [2.24, 2.45) is 0 Å². The number of aliphatic hydroxyl groups excluding tert-OH is 1. The number of aliphatic hydroxyl groups is 1. The Balaban J connectivity index is 0.00000121. The quantitative estimate of drug-likeness (QED) is 0.560. The zero-order chi connectivity index (χ0) is 8.10. The van der Waals surface area contributed by atoms with Crippen molar-refractivity contribution in [3.05, 3.63) is 18.7 Å². The molecule has 0 aromatic carbocycles. The Morgan fingerprint density at radius 1 is 1.50 bits per heavy atom. The van der Waals surface area contributed by atoms with Crippen LogP contribution in [0.5, 0.6) is 0 Å². The van der Waals surface area contributed by atoms with E-state index in [1.54, 1.807) is 0 Å². The van der Waals surface area contributed by atoms with Crippen LogP contribution in [0.15, 0.2) is 18.7 Å². The van der Waals surface area contributed by atoms with Gasteiger partial charge in [-0.1, -0.05) is 6.92 Å². The first kappa shape index (κ1) is 11.6. The van der Waals surface area contributed by atoms with Crippen molar-refractivity contribution in [1.29, 1.82) is 0 Å². The van der Waals surface area contributed by atoms with Gasteiger partial charge in [0.1, 0.15) is 18.9 Å². The number of aromatic nitrogens is 2. The van der Waals surface area contributed by atoms with Gasteiger partial charge in [0.25, 0.3) is 0 Å². The maximum Gasteiger partial charge on any atom is 0.243 e. The molecule has 1 aromatic heterocycles. The number of rotatable bonds is 4. The van der Waals surface area contributed by atoms with Gasteiger partial charge in [0, 0.05) is 0 Å². The van der Waals surface area contributed by atoms with Gasteiger partial charge in [-0.3, -0.25) is 0 Å². The van der Waals surface area contributed by atoms with Crippen LogP contribution in [0.3, 0.4) is 0 Å².